The molecular weight excluding hydrogens is 247 g/mol. The first kappa shape index (κ1) is 12.8. The van der Waals surface area contributed by atoms with E-state index in [0.29, 0.717) is 19.8 Å². The van der Waals surface area contributed by atoms with Gasteiger partial charge in [0, 0.05) is 38.2 Å². The van der Waals surface area contributed by atoms with Crippen LogP contribution in [0, 0.1) is 5.82 Å². The number of hydrogen-bond acceptors (Lipinski definition) is 4. The fourth-order valence-corrected chi connectivity index (χ4v) is 2.83. The van der Waals surface area contributed by atoms with Gasteiger partial charge in [0.1, 0.15) is 5.82 Å². The summed E-state index contributed by atoms with van der Waals surface area (Å²) in [6.07, 6.45) is 1.64. The number of rotatable bonds is 2. The van der Waals surface area contributed by atoms with Gasteiger partial charge in [-0.3, -0.25) is 0 Å². The Morgan fingerprint density at radius 1 is 1.16 bits per heavy atom. The zero-order valence-corrected chi connectivity index (χ0v) is 10.9. The third-order valence-electron chi connectivity index (χ3n) is 3.88. The lowest BCUT2D eigenvalue weighted by atomic mass is 10.0. The molecule has 19 heavy (non-hydrogen) atoms. The predicted octanol–water partition coefficient (Wildman–Crippen LogP) is 1.63. The van der Waals surface area contributed by atoms with E-state index < -0.39 is 0 Å². The van der Waals surface area contributed by atoms with E-state index in [1.807, 2.05) is 6.07 Å². The average Bonchev–Trinajstić information content (AvgIpc) is 2.87. The Morgan fingerprint density at radius 2 is 1.84 bits per heavy atom. The van der Waals surface area contributed by atoms with Gasteiger partial charge in [-0.15, -0.1) is 0 Å². The molecule has 2 saturated heterocycles. The third-order valence-corrected chi connectivity index (χ3v) is 3.88. The van der Waals surface area contributed by atoms with E-state index in [4.69, 9.17) is 15.2 Å². The maximum absolute atomic E-state index is 13.5. The largest absolute Gasteiger partial charge is 0.371 e. The number of ether oxygens (including phenoxy) is 2. The van der Waals surface area contributed by atoms with Gasteiger partial charge in [-0.05, 0) is 23.8 Å². The molecule has 2 aliphatic rings. The van der Waals surface area contributed by atoms with E-state index in [0.717, 1.165) is 37.2 Å². The molecule has 0 atom stereocenters. The van der Waals surface area contributed by atoms with Gasteiger partial charge < -0.3 is 20.1 Å². The molecule has 1 aromatic rings. The van der Waals surface area contributed by atoms with Crippen LogP contribution in [0.15, 0.2) is 18.2 Å². The number of hydrogen-bond donors (Lipinski definition) is 1. The highest BCUT2D eigenvalue weighted by Crippen LogP contribution is 2.33. The second-order valence-electron chi connectivity index (χ2n) is 5.12. The fourth-order valence-electron chi connectivity index (χ4n) is 2.83. The molecule has 5 heteroatoms. The molecule has 0 bridgehead atoms. The Morgan fingerprint density at radius 3 is 2.47 bits per heavy atom. The van der Waals surface area contributed by atoms with Gasteiger partial charge in [0.25, 0.3) is 0 Å². The smallest absolute Gasteiger partial charge is 0.171 e. The highest BCUT2D eigenvalue weighted by Gasteiger charge is 2.39. The SMILES string of the molecule is NCc1cc(F)cc(N2CCC3(CC2)OCCO3)c1. The number of anilines is 1. The zero-order valence-electron chi connectivity index (χ0n) is 10.9. The highest BCUT2D eigenvalue weighted by atomic mass is 19.1. The Hall–Kier alpha value is -1.17. The molecule has 4 nitrogen and oxygen atoms in total. The molecule has 104 valence electrons. The summed E-state index contributed by atoms with van der Waals surface area (Å²) >= 11 is 0. The normalized spacial score (nSPS) is 22.1. The Kier molecular flexibility index (Phi) is 3.43. The quantitative estimate of drug-likeness (QED) is 0.884. The first-order chi connectivity index (χ1) is 9.21. The molecule has 0 aromatic heterocycles. The number of nitrogens with two attached hydrogens (primary N) is 1. The van der Waals surface area contributed by atoms with Crippen molar-refractivity contribution >= 4 is 5.69 Å². The summed E-state index contributed by atoms with van der Waals surface area (Å²) in [5.74, 6) is -0.618. The molecule has 0 aliphatic carbocycles. The maximum Gasteiger partial charge on any atom is 0.171 e. The minimum atomic E-state index is -0.388. The van der Waals surface area contributed by atoms with Crippen molar-refractivity contribution in [3.05, 3.63) is 29.6 Å². The maximum atomic E-state index is 13.5. The van der Waals surface area contributed by atoms with Gasteiger partial charge in [-0.1, -0.05) is 0 Å². The fraction of sp³-hybridized carbons (Fsp3) is 0.571. The van der Waals surface area contributed by atoms with E-state index in [9.17, 15) is 4.39 Å². The van der Waals surface area contributed by atoms with Crippen LogP contribution < -0.4 is 10.6 Å². The summed E-state index contributed by atoms with van der Waals surface area (Å²) in [4.78, 5) is 2.17. The minimum Gasteiger partial charge on any atom is -0.371 e. The molecule has 2 heterocycles. The standard InChI is InChI=1S/C14H19FN2O2/c15-12-7-11(10-16)8-13(9-12)17-3-1-14(2-4-17)18-5-6-19-14/h7-9H,1-6,10,16H2. The molecular formula is C14H19FN2O2. The third kappa shape index (κ3) is 2.59. The molecule has 1 aromatic carbocycles. The van der Waals surface area contributed by atoms with Crippen molar-refractivity contribution in [1.29, 1.82) is 0 Å². The van der Waals surface area contributed by atoms with Crippen LogP contribution in [0.4, 0.5) is 10.1 Å². The molecule has 0 unspecified atom stereocenters. The van der Waals surface area contributed by atoms with Crippen molar-refractivity contribution in [3.63, 3.8) is 0 Å². The molecule has 3 rings (SSSR count). The summed E-state index contributed by atoms with van der Waals surface area (Å²) < 4.78 is 24.9. The lowest BCUT2D eigenvalue weighted by Gasteiger charge is -2.38. The van der Waals surface area contributed by atoms with Crippen molar-refractivity contribution in [2.24, 2.45) is 5.73 Å². The Balaban J connectivity index is 1.72. The van der Waals surface area contributed by atoms with Gasteiger partial charge in [-0.2, -0.15) is 0 Å². The predicted molar refractivity (Wildman–Crippen MR) is 70.4 cm³/mol. The van der Waals surface area contributed by atoms with Crippen molar-refractivity contribution in [2.75, 3.05) is 31.2 Å². The molecule has 0 radical (unpaired) electrons. The van der Waals surface area contributed by atoms with Crippen LogP contribution in [0.1, 0.15) is 18.4 Å². The Bertz CT molecular complexity index is 451. The van der Waals surface area contributed by atoms with E-state index in [-0.39, 0.29) is 11.6 Å². The van der Waals surface area contributed by atoms with E-state index >= 15 is 0 Å². The Labute approximate surface area is 112 Å². The number of piperidine rings is 1. The van der Waals surface area contributed by atoms with E-state index in [2.05, 4.69) is 4.90 Å². The van der Waals surface area contributed by atoms with E-state index in [1.165, 1.54) is 6.07 Å². The summed E-state index contributed by atoms with van der Waals surface area (Å²) in [5.41, 5.74) is 7.31. The van der Waals surface area contributed by atoms with Gasteiger partial charge in [0.05, 0.1) is 13.2 Å². The zero-order chi connectivity index (χ0) is 13.3. The van der Waals surface area contributed by atoms with Crippen LogP contribution in [-0.4, -0.2) is 32.1 Å². The summed E-state index contributed by atoms with van der Waals surface area (Å²) in [6.45, 7) is 3.34. The average molecular weight is 266 g/mol. The van der Waals surface area contributed by atoms with Crippen molar-refractivity contribution in [3.8, 4) is 0 Å². The van der Waals surface area contributed by atoms with Crippen LogP contribution in [0.25, 0.3) is 0 Å². The van der Waals surface area contributed by atoms with Gasteiger partial charge in [0.15, 0.2) is 5.79 Å². The first-order valence-electron chi connectivity index (χ1n) is 6.73. The summed E-state index contributed by atoms with van der Waals surface area (Å²) in [7, 11) is 0. The highest BCUT2D eigenvalue weighted by molar-refractivity contribution is 5.49. The van der Waals surface area contributed by atoms with Crippen LogP contribution in [0.2, 0.25) is 0 Å². The molecule has 0 amide bonds. The molecule has 2 N–H and O–H groups in total. The molecule has 1 spiro atoms. The van der Waals surface area contributed by atoms with Crippen LogP contribution in [0.3, 0.4) is 0 Å². The molecule has 2 aliphatic heterocycles. The van der Waals surface area contributed by atoms with Crippen LogP contribution in [-0.2, 0) is 16.0 Å². The monoisotopic (exact) mass is 266 g/mol. The van der Waals surface area contributed by atoms with Gasteiger partial charge in [0.2, 0.25) is 0 Å². The number of halogens is 1. The number of benzene rings is 1. The van der Waals surface area contributed by atoms with Crippen LogP contribution >= 0.6 is 0 Å². The summed E-state index contributed by atoms with van der Waals surface area (Å²) in [5, 5.41) is 0. The van der Waals surface area contributed by atoms with Crippen LogP contribution in [0.5, 0.6) is 0 Å². The van der Waals surface area contributed by atoms with Gasteiger partial charge >= 0.3 is 0 Å². The number of nitrogens with zero attached hydrogens (tertiary/aromatic N) is 1. The molecule has 0 saturated carbocycles. The van der Waals surface area contributed by atoms with Crippen molar-refractivity contribution < 1.29 is 13.9 Å². The second-order valence-corrected chi connectivity index (χ2v) is 5.12. The van der Waals surface area contributed by atoms with Crippen molar-refractivity contribution in [1.82, 2.24) is 0 Å². The van der Waals surface area contributed by atoms with E-state index in [1.54, 1.807) is 6.07 Å². The second kappa shape index (κ2) is 5.07. The first-order valence-corrected chi connectivity index (χ1v) is 6.73. The summed E-state index contributed by atoms with van der Waals surface area (Å²) in [6, 6.07) is 5.00. The van der Waals surface area contributed by atoms with Gasteiger partial charge in [-0.25, -0.2) is 4.39 Å². The lowest BCUT2D eigenvalue weighted by Crippen LogP contribution is -2.45. The minimum absolute atomic E-state index is 0.230. The van der Waals surface area contributed by atoms with Crippen molar-refractivity contribution in [2.45, 2.75) is 25.2 Å². The lowest BCUT2D eigenvalue weighted by molar-refractivity contribution is -0.169. The topological polar surface area (TPSA) is 47.7 Å². The molecule has 2 fully saturated rings.